The van der Waals surface area contributed by atoms with Crippen LogP contribution in [0.3, 0.4) is 0 Å². The fourth-order valence-corrected chi connectivity index (χ4v) is 4.63. The Bertz CT molecular complexity index is 1180. The first-order valence-corrected chi connectivity index (χ1v) is 11.8. The van der Waals surface area contributed by atoms with Crippen molar-refractivity contribution in [3.05, 3.63) is 45.7 Å². The highest BCUT2D eigenvalue weighted by Crippen LogP contribution is 2.25. The molecule has 176 valence electrons. The molecule has 3 aromatic heterocycles. The van der Waals surface area contributed by atoms with Gasteiger partial charge >= 0.3 is 5.97 Å². The summed E-state index contributed by atoms with van der Waals surface area (Å²) < 4.78 is 1.56. The van der Waals surface area contributed by atoms with E-state index in [-0.39, 0.29) is 17.0 Å². The van der Waals surface area contributed by atoms with Gasteiger partial charge in [-0.2, -0.15) is 0 Å². The Morgan fingerprint density at radius 2 is 1.97 bits per heavy atom. The predicted octanol–water partition coefficient (Wildman–Crippen LogP) is 0.877. The van der Waals surface area contributed by atoms with Gasteiger partial charge in [-0.1, -0.05) is 13.8 Å². The van der Waals surface area contributed by atoms with Gasteiger partial charge in [-0.3, -0.25) is 9.36 Å². The molecule has 0 aliphatic carbocycles. The third kappa shape index (κ3) is 4.76. The maximum absolute atomic E-state index is 12.5. The molecule has 10 nitrogen and oxygen atoms in total. The molecular formula is C22H29N7O3S. The van der Waals surface area contributed by atoms with Crippen LogP contribution in [0.2, 0.25) is 0 Å². The second-order valence-corrected chi connectivity index (χ2v) is 9.62. The molecule has 2 aliphatic heterocycles. The molecule has 4 atom stereocenters. The van der Waals surface area contributed by atoms with Gasteiger partial charge in [-0.15, -0.1) is 11.3 Å². The van der Waals surface area contributed by atoms with Gasteiger partial charge in [-0.05, 0) is 30.5 Å². The highest BCUT2D eigenvalue weighted by Gasteiger charge is 2.28. The van der Waals surface area contributed by atoms with Crippen molar-refractivity contribution < 1.29 is 9.90 Å². The van der Waals surface area contributed by atoms with Crippen molar-refractivity contribution in [3.63, 3.8) is 0 Å². The number of hydrogen-bond donors (Lipinski definition) is 4. The van der Waals surface area contributed by atoms with Gasteiger partial charge in [0.05, 0.1) is 5.39 Å². The number of anilines is 1. The lowest BCUT2D eigenvalue weighted by atomic mass is 10.1. The molecule has 0 aromatic carbocycles. The lowest BCUT2D eigenvalue weighted by molar-refractivity contribution is 0.0695. The SMILES string of the molecule is C[C@H]1CN(c2ccc3c(=O)c(C(=O)O)cn(-c4nccs4)c3n2)C[C@@H]1N.C[C@H]1CNC[C@@H]1N. The summed E-state index contributed by atoms with van der Waals surface area (Å²) in [6, 6.07) is 3.85. The number of carboxylic acids is 1. The number of rotatable bonds is 3. The number of aromatic carboxylic acids is 1. The minimum absolute atomic E-state index is 0.0723. The van der Waals surface area contributed by atoms with Gasteiger partial charge in [-0.25, -0.2) is 14.8 Å². The van der Waals surface area contributed by atoms with Gasteiger partial charge in [0, 0.05) is 49.5 Å². The minimum atomic E-state index is -1.27. The highest BCUT2D eigenvalue weighted by molar-refractivity contribution is 7.12. The predicted molar refractivity (Wildman–Crippen MR) is 129 cm³/mol. The van der Waals surface area contributed by atoms with Crippen LogP contribution in [-0.4, -0.2) is 63.9 Å². The summed E-state index contributed by atoms with van der Waals surface area (Å²) in [7, 11) is 0. The fourth-order valence-electron chi connectivity index (χ4n) is 4.01. The van der Waals surface area contributed by atoms with E-state index >= 15 is 0 Å². The molecule has 0 amide bonds. The van der Waals surface area contributed by atoms with E-state index in [9.17, 15) is 14.7 Å². The Morgan fingerprint density at radius 1 is 1.18 bits per heavy atom. The third-order valence-corrected chi connectivity index (χ3v) is 7.03. The molecule has 2 saturated heterocycles. The Kier molecular flexibility index (Phi) is 6.75. The zero-order chi connectivity index (χ0) is 23.7. The van der Waals surface area contributed by atoms with Crippen molar-refractivity contribution in [2.24, 2.45) is 23.3 Å². The van der Waals surface area contributed by atoms with Crippen molar-refractivity contribution >= 4 is 34.2 Å². The van der Waals surface area contributed by atoms with Crippen LogP contribution < -0.4 is 27.1 Å². The van der Waals surface area contributed by atoms with Crippen molar-refractivity contribution in [1.29, 1.82) is 0 Å². The van der Waals surface area contributed by atoms with E-state index in [0.29, 0.717) is 41.0 Å². The highest BCUT2D eigenvalue weighted by atomic mass is 32.1. The molecule has 0 spiro atoms. The van der Waals surface area contributed by atoms with Crippen molar-refractivity contribution in [2.45, 2.75) is 25.9 Å². The van der Waals surface area contributed by atoms with E-state index in [2.05, 4.69) is 34.0 Å². The summed E-state index contributed by atoms with van der Waals surface area (Å²) in [4.78, 5) is 35.0. The third-order valence-electron chi connectivity index (χ3n) is 6.26. The van der Waals surface area contributed by atoms with E-state index < -0.39 is 11.4 Å². The molecule has 3 aromatic rings. The van der Waals surface area contributed by atoms with Gasteiger partial charge < -0.3 is 26.8 Å². The standard InChI is InChI=1S/C17H17N5O3S.C5H12N2/c1-9-6-21(8-12(9)18)13-3-2-10-14(23)11(16(24)25)7-22(15(10)20-13)17-19-4-5-26-17;1-4-2-7-3-5(4)6/h2-5,7,9,12H,6,8,18H2,1H3,(H,24,25);4-5,7H,2-3,6H2,1H3/t9-,12-;4-,5-/m00/s1. The zero-order valence-corrected chi connectivity index (χ0v) is 19.5. The average molecular weight is 472 g/mol. The quantitative estimate of drug-likeness (QED) is 0.436. The van der Waals surface area contributed by atoms with E-state index in [1.54, 1.807) is 28.3 Å². The smallest absolute Gasteiger partial charge is 0.341 e. The largest absolute Gasteiger partial charge is 0.477 e. The first-order chi connectivity index (χ1) is 15.8. The Morgan fingerprint density at radius 3 is 2.48 bits per heavy atom. The van der Waals surface area contributed by atoms with Gasteiger partial charge in [0.1, 0.15) is 11.4 Å². The van der Waals surface area contributed by atoms with E-state index in [4.69, 9.17) is 11.5 Å². The monoisotopic (exact) mass is 471 g/mol. The van der Waals surface area contributed by atoms with Crippen LogP contribution in [0.1, 0.15) is 24.2 Å². The molecule has 11 heteroatoms. The number of thiazole rings is 1. The van der Waals surface area contributed by atoms with Crippen LogP contribution in [0.4, 0.5) is 5.82 Å². The zero-order valence-electron chi connectivity index (χ0n) is 18.6. The summed E-state index contributed by atoms with van der Waals surface area (Å²) in [6.45, 7) is 7.84. The molecule has 5 rings (SSSR count). The van der Waals surface area contributed by atoms with Crippen LogP contribution in [0.25, 0.3) is 16.2 Å². The molecular weight excluding hydrogens is 442 g/mol. The molecule has 5 heterocycles. The molecule has 2 aliphatic rings. The molecule has 33 heavy (non-hydrogen) atoms. The molecule has 0 unspecified atom stereocenters. The minimum Gasteiger partial charge on any atom is -0.477 e. The van der Waals surface area contributed by atoms with Crippen LogP contribution in [0.15, 0.2) is 34.7 Å². The summed E-state index contributed by atoms with van der Waals surface area (Å²) >= 11 is 1.34. The second kappa shape index (κ2) is 9.56. The van der Waals surface area contributed by atoms with Crippen molar-refractivity contribution in [3.8, 4) is 5.13 Å². The lowest BCUT2D eigenvalue weighted by Gasteiger charge is -2.18. The fraction of sp³-hybridized carbons (Fsp3) is 0.455. The molecule has 6 N–H and O–H groups in total. The number of fused-ring (bicyclic) bond motifs is 1. The summed E-state index contributed by atoms with van der Waals surface area (Å²) in [5.74, 6) is 0.471. The van der Waals surface area contributed by atoms with Gasteiger partial charge in [0.15, 0.2) is 10.8 Å². The number of hydrogen-bond acceptors (Lipinski definition) is 9. The number of carbonyl (C=O) groups is 1. The van der Waals surface area contributed by atoms with Crippen LogP contribution >= 0.6 is 11.3 Å². The molecule has 0 radical (unpaired) electrons. The lowest BCUT2D eigenvalue weighted by Crippen LogP contribution is -2.29. The summed E-state index contributed by atoms with van der Waals surface area (Å²) in [6.07, 6.45) is 2.91. The Balaban J connectivity index is 0.000000318. The second-order valence-electron chi connectivity index (χ2n) is 8.75. The maximum Gasteiger partial charge on any atom is 0.341 e. The maximum atomic E-state index is 12.5. The number of nitrogens with two attached hydrogens (primary N) is 2. The number of nitrogens with one attached hydrogen (secondary N) is 1. The molecule has 2 fully saturated rings. The summed E-state index contributed by atoms with van der Waals surface area (Å²) in [5.41, 5.74) is 11.3. The molecule has 0 bridgehead atoms. The van der Waals surface area contributed by atoms with E-state index in [1.165, 1.54) is 17.5 Å². The average Bonchev–Trinajstić information content (AvgIpc) is 3.52. The Labute approximate surface area is 195 Å². The van der Waals surface area contributed by atoms with Crippen molar-refractivity contribution in [2.75, 3.05) is 31.1 Å². The van der Waals surface area contributed by atoms with Gasteiger partial charge in [0.2, 0.25) is 5.43 Å². The number of nitrogens with zero attached hydrogens (tertiary/aromatic N) is 4. The number of pyridine rings is 2. The first kappa shape index (κ1) is 23.3. The van der Waals surface area contributed by atoms with Crippen LogP contribution in [0, 0.1) is 11.8 Å². The number of carboxylic acid groups (broad SMARTS) is 1. The van der Waals surface area contributed by atoms with E-state index in [0.717, 1.165) is 19.6 Å². The summed E-state index contributed by atoms with van der Waals surface area (Å²) in [5, 5.41) is 15.1. The normalized spacial score (nSPS) is 24.7. The van der Waals surface area contributed by atoms with Crippen LogP contribution in [0.5, 0.6) is 0 Å². The number of aromatic nitrogens is 3. The van der Waals surface area contributed by atoms with Crippen molar-refractivity contribution in [1.82, 2.24) is 19.9 Å². The Hall–Kier alpha value is -2.86. The first-order valence-electron chi connectivity index (χ1n) is 10.9. The topological polar surface area (TPSA) is 152 Å². The molecule has 0 saturated carbocycles. The van der Waals surface area contributed by atoms with E-state index in [1.807, 2.05) is 0 Å². The van der Waals surface area contributed by atoms with Gasteiger partial charge in [0.25, 0.3) is 0 Å². The van der Waals surface area contributed by atoms with Crippen LogP contribution in [-0.2, 0) is 0 Å².